The molecule has 0 spiro atoms. The largest absolute Gasteiger partial charge is 0.465 e. The Kier molecular flexibility index (Phi) is 4.34. The average Bonchev–Trinajstić information content (AvgIpc) is 2.54. The van der Waals surface area contributed by atoms with E-state index >= 15 is 0 Å². The van der Waals surface area contributed by atoms with Gasteiger partial charge in [0.15, 0.2) is 0 Å². The summed E-state index contributed by atoms with van der Waals surface area (Å²) in [4.78, 5) is 11.4. The van der Waals surface area contributed by atoms with Gasteiger partial charge in [-0.05, 0) is 19.8 Å². The monoisotopic (exact) mass is 225 g/mol. The van der Waals surface area contributed by atoms with Crippen LogP contribution in [0.2, 0.25) is 0 Å². The zero-order valence-electron chi connectivity index (χ0n) is 10.1. The predicted octanol–water partition coefficient (Wildman–Crippen LogP) is 1.15. The molecular formula is C11H19N3O2. The maximum Gasteiger partial charge on any atom is 0.327 e. The van der Waals surface area contributed by atoms with Crippen LogP contribution in [0, 0.1) is 0 Å². The van der Waals surface area contributed by atoms with Crippen LogP contribution in [0.25, 0.3) is 0 Å². The van der Waals surface area contributed by atoms with Crippen molar-refractivity contribution in [3.05, 3.63) is 11.4 Å². The number of nitrogens with two attached hydrogens (primary N) is 1. The summed E-state index contributed by atoms with van der Waals surface area (Å²) in [5.41, 5.74) is 8.40. The van der Waals surface area contributed by atoms with Gasteiger partial charge < -0.3 is 10.5 Å². The Bertz CT molecular complexity index is 372. The molecule has 0 saturated carbocycles. The third-order valence-electron chi connectivity index (χ3n) is 2.43. The number of esters is 1. The minimum Gasteiger partial charge on any atom is -0.465 e. The second-order valence-corrected chi connectivity index (χ2v) is 3.48. The topological polar surface area (TPSA) is 70.1 Å². The number of nitrogens with zero attached hydrogens (tertiary/aromatic N) is 2. The summed E-state index contributed by atoms with van der Waals surface area (Å²) >= 11 is 0. The molecule has 1 heterocycles. The Morgan fingerprint density at radius 1 is 1.38 bits per heavy atom. The van der Waals surface area contributed by atoms with Gasteiger partial charge in [0.1, 0.15) is 6.54 Å². The molecule has 0 atom stereocenters. The number of nitrogen functional groups attached to an aromatic ring is 1. The lowest BCUT2D eigenvalue weighted by Crippen LogP contribution is -2.16. The van der Waals surface area contributed by atoms with Crippen LogP contribution in [-0.4, -0.2) is 22.4 Å². The number of rotatable bonds is 5. The third kappa shape index (κ3) is 2.53. The van der Waals surface area contributed by atoms with E-state index in [4.69, 9.17) is 10.5 Å². The van der Waals surface area contributed by atoms with Gasteiger partial charge in [0.2, 0.25) is 0 Å². The van der Waals surface area contributed by atoms with Gasteiger partial charge in [0.05, 0.1) is 23.7 Å². The molecule has 1 aromatic heterocycles. The van der Waals surface area contributed by atoms with Gasteiger partial charge in [0.25, 0.3) is 0 Å². The number of aromatic nitrogens is 2. The van der Waals surface area contributed by atoms with Crippen molar-refractivity contribution in [1.29, 1.82) is 0 Å². The molecule has 0 unspecified atom stereocenters. The van der Waals surface area contributed by atoms with E-state index in [-0.39, 0.29) is 12.5 Å². The number of ether oxygens (including phenoxy) is 1. The smallest absolute Gasteiger partial charge is 0.327 e. The van der Waals surface area contributed by atoms with E-state index < -0.39 is 0 Å². The molecule has 16 heavy (non-hydrogen) atoms. The van der Waals surface area contributed by atoms with Gasteiger partial charge in [0, 0.05) is 0 Å². The summed E-state index contributed by atoms with van der Waals surface area (Å²) in [5.74, 6) is -0.276. The fourth-order valence-electron chi connectivity index (χ4n) is 1.66. The fourth-order valence-corrected chi connectivity index (χ4v) is 1.66. The number of anilines is 1. The number of aryl methyl sites for hydroxylation is 1. The summed E-state index contributed by atoms with van der Waals surface area (Å²) in [6.07, 6.45) is 1.53. The molecule has 0 radical (unpaired) electrons. The molecule has 0 aliphatic heterocycles. The summed E-state index contributed by atoms with van der Waals surface area (Å²) in [6.45, 7) is 6.30. The standard InChI is InChI=1S/C11H19N3O2/c1-4-8-11(12)9(5-2)14(13-8)7-10(15)16-6-3/h4-7,12H2,1-3H3. The van der Waals surface area contributed by atoms with Crippen molar-refractivity contribution in [1.82, 2.24) is 9.78 Å². The quantitative estimate of drug-likeness (QED) is 0.763. The number of carbonyl (C=O) groups is 1. The highest BCUT2D eigenvalue weighted by Crippen LogP contribution is 2.18. The molecule has 0 fully saturated rings. The van der Waals surface area contributed by atoms with Gasteiger partial charge in [-0.1, -0.05) is 13.8 Å². The van der Waals surface area contributed by atoms with Crippen LogP contribution >= 0.6 is 0 Å². The third-order valence-corrected chi connectivity index (χ3v) is 2.43. The second-order valence-electron chi connectivity index (χ2n) is 3.48. The number of hydrogen-bond acceptors (Lipinski definition) is 4. The normalized spacial score (nSPS) is 10.4. The highest BCUT2D eigenvalue weighted by Gasteiger charge is 2.15. The molecule has 0 amide bonds. The first-order valence-corrected chi connectivity index (χ1v) is 5.63. The molecular weight excluding hydrogens is 206 g/mol. The lowest BCUT2D eigenvalue weighted by atomic mass is 10.2. The minimum absolute atomic E-state index is 0.140. The van der Waals surface area contributed by atoms with E-state index in [2.05, 4.69) is 5.10 Å². The molecule has 0 aromatic carbocycles. The van der Waals surface area contributed by atoms with Crippen LogP contribution in [0.5, 0.6) is 0 Å². The van der Waals surface area contributed by atoms with Crippen LogP contribution in [0.1, 0.15) is 32.2 Å². The SMILES string of the molecule is CCOC(=O)Cn1nc(CC)c(N)c1CC. The van der Waals surface area contributed by atoms with Crippen LogP contribution in [0.3, 0.4) is 0 Å². The molecule has 0 aliphatic rings. The van der Waals surface area contributed by atoms with Crippen molar-refractivity contribution in [2.75, 3.05) is 12.3 Å². The molecule has 1 rings (SSSR count). The van der Waals surface area contributed by atoms with Crippen LogP contribution in [0.4, 0.5) is 5.69 Å². The zero-order chi connectivity index (χ0) is 12.1. The minimum atomic E-state index is -0.276. The van der Waals surface area contributed by atoms with Crippen molar-refractivity contribution < 1.29 is 9.53 Å². The summed E-state index contributed by atoms with van der Waals surface area (Å²) in [6, 6.07) is 0. The van der Waals surface area contributed by atoms with E-state index in [9.17, 15) is 4.79 Å². The van der Waals surface area contributed by atoms with E-state index in [1.807, 2.05) is 13.8 Å². The van der Waals surface area contributed by atoms with Crippen molar-refractivity contribution in [2.24, 2.45) is 0 Å². The number of carbonyl (C=O) groups excluding carboxylic acids is 1. The number of hydrogen-bond donors (Lipinski definition) is 1. The lowest BCUT2D eigenvalue weighted by molar-refractivity contribution is -0.144. The first-order valence-electron chi connectivity index (χ1n) is 5.63. The Morgan fingerprint density at radius 3 is 2.56 bits per heavy atom. The van der Waals surface area contributed by atoms with Gasteiger partial charge in [-0.3, -0.25) is 9.48 Å². The Morgan fingerprint density at radius 2 is 2.06 bits per heavy atom. The highest BCUT2D eigenvalue weighted by atomic mass is 16.5. The van der Waals surface area contributed by atoms with Gasteiger partial charge in [-0.25, -0.2) is 0 Å². The molecule has 0 saturated heterocycles. The maximum absolute atomic E-state index is 11.4. The van der Waals surface area contributed by atoms with Crippen molar-refractivity contribution in [3.63, 3.8) is 0 Å². The van der Waals surface area contributed by atoms with Crippen LogP contribution in [-0.2, 0) is 28.9 Å². The first-order chi connectivity index (χ1) is 7.63. The molecule has 1 aromatic rings. The van der Waals surface area contributed by atoms with Crippen molar-refractivity contribution in [2.45, 2.75) is 40.2 Å². The lowest BCUT2D eigenvalue weighted by Gasteiger charge is -2.05. The van der Waals surface area contributed by atoms with Crippen molar-refractivity contribution >= 4 is 11.7 Å². The van der Waals surface area contributed by atoms with E-state index in [1.165, 1.54) is 0 Å². The summed E-state index contributed by atoms with van der Waals surface area (Å²) in [7, 11) is 0. The van der Waals surface area contributed by atoms with Crippen molar-refractivity contribution in [3.8, 4) is 0 Å². The van der Waals surface area contributed by atoms with E-state index in [0.717, 1.165) is 24.2 Å². The Labute approximate surface area is 95.6 Å². The molecule has 90 valence electrons. The van der Waals surface area contributed by atoms with Gasteiger partial charge in [-0.15, -0.1) is 0 Å². The average molecular weight is 225 g/mol. The fraction of sp³-hybridized carbons (Fsp3) is 0.636. The second kappa shape index (κ2) is 5.53. The van der Waals surface area contributed by atoms with E-state index in [1.54, 1.807) is 11.6 Å². The molecule has 5 nitrogen and oxygen atoms in total. The predicted molar refractivity (Wildman–Crippen MR) is 62.0 cm³/mol. The Hall–Kier alpha value is -1.52. The van der Waals surface area contributed by atoms with Crippen LogP contribution in [0.15, 0.2) is 0 Å². The maximum atomic E-state index is 11.4. The summed E-state index contributed by atoms with van der Waals surface area (Å²) in [5, 5.41) is 4.31. The molecule has 0 bridgehead atoms. The van der Waals surface area contributed by atoms with E-state index in [0.29, 0.717) is 12.3 Å². The molecule has 5 heteroatoms. The Balaban J connectivity index is 2.90. The van der Waals surface area contributed by atoms with Gasteiger partial charge in [-0.2, -0.15) is 5.10 Å². The molecule has 2 N–H and O–H groups in total. The summed E-state index contributed by atoms with van der Waals surface area (Å²) < 4.78 is 6.53. The zero-order valence-corrected chi connectivity index (χ0v) is 10.1. The highest BCUT2D eigenvalue weighted by molar-refractivity contribution is 5.69. The van der Waals surface area contributed by atoms with Crippen LogP contribution < -0.4 is 5.73 Å². The first kappa shape index (κ1) is 12.5. The van der Waals surface area contributed by atoms with Gasteiger partial charge >= 0.3 is 5.97 Å². The molecule has 0 aliphatic carbocycles.